The molecule has 6 nitrogen and oxygen atoms in total. The van der Waals surface area contributed by atoms with Gasteiger partial charge in [-0.1, -0.05) is 0 Å². The summed E-state index contributed by atoms with van der Waals surface area (Å²) in [7, 11) is 1.80. The Bertz CT molecular complexity index is 589. The van der Waals surface area contributed by atoms with E-state index in [2.05, 4.69) is 10.4 Å². The molecule has 0 saturated heterocycles. The van der Waals surface area contributed by atoms with E-state index in [1.54, 1.807) is 30.2 Å². The van der Waals surface area contributed by atoms with Gasteiger partial charge in [0.25, 0.3) is 0 Å². The Balaban J connectivity index is 1.92. The van der Waals surface area contributed by atoms with Crippen LogP contribution in [-0.2, 0) is 13.7 Å². The molecular weight excluding hydrogens is 277 g/mol. The molecule has 0 fully saturated rings. The van der Waals surface area contributed by atoms with Crippen LogP contribution in [0.15, 0.2) is 30.6 Å². The zero-order chi connectivity index (χ0) is 15.2. The number of aliphatic hydroxyl groups excluding tert-OH is 2. The second kappa shape index (κ2) is 7.05. The van der Waals surface area contributed by atoms with Crippen molar-refractivity contribution in [1.29, 1.82) is 0 Å². The largest absolute Gasteiger partial charge is 0.486 e. The van der Waals surface area contributed by atoms with Crippen LogP contribution in [0.2, 0.25) is 0 Å². The zero-order valence-electron chi connectivity index (χ0n) is 11.7. The number of rotatable bonds is 7. The van der Waals surface area contributed by atoms with Crippen molar-refractivity contribution >= 4 is 5.69 Å². The third-order valence-corrected chi connectivity index (χ3v) is 2.84. The Morgan fingerprint density at radius 2 is 2.29 bits per heavy atom. The molecule has 0 spiro atoms. The van der Waals surface area contributed by atoms with Crippen molar-refractivity contribution in [1.82, 2.24) is 9.78 Å². The number of ether oxygens (including phenoxy) is 1. The van der Waals surface area contributed by atoms with E-state index in [0.717, 1.165) is 5.56 Å². The lowest BCUT2D eigenvalue weighted by atomic mass is 10.2. The van der Waals surface area contributed by atoms with Crippen LogP contribution >= 0.6 is 0 Å². The normalized spacial score (nSPS) is 12.2. The summed E-state index contributed by atoms with van der Waals surface area (Å²) >= 11 is 0. The summed E-state index contributed by atoms with van der Waals surface area (Å²) in [5.41, 5.74) is 1.36. The third kappa shape index (κ3) is 4.44. The van der Waals surface area contributed by atoms with Crippen LogP contribution in [0.5, 0.6) is 5.75 Å². The Morgan fingerprint density at radius 1 is 1.48 bits per heavy atom. The second-order valence-corrected chi connectivity index (χ2v) is 4.67. The zero-order valence-corrected chi connectivity index (χ0v) is 11.7. The van der Waals surface area contributed by atoms with Gasteiger partial charge in [-0.3, -0.25) is 4.68 Å². The number of aromatic nitrogens is 2. The van der Waals surface area contributed by atoms with E-state index >= 15 is 0 Å². The second-order valence-electron chi connectivity index (χ2n) is 4.67. The topological polar surface area (TPSA) is 79.5 Å². The third-order valence-electron chi connectivity index (χ3n) is 2.84. The first kappa shape index (κ1) is 15.3. The summed E-state index contributed by atoms with van der Waals surface area (Å²) in [5, 5.41) is 24.7. The molecule has 0 radical (unpaired) electrons. The van der Waals surface area contributed by atoms with E-state index in [-0.39, 0.29) is 25.5 Å². The minimum absolute atomic E-state index is 0.145. The fraction of sp³-hybridized carbons (Fsp3) is 0.357. The summed E-state index contributed by atoms with van der Waals surface area (Å²) < 4.78 is 20.9. The molecule has 114 valence electrons. The molecule has 1 unspecified atom stereocenters. The summed E-state index contributed by atoms with van der Waals surface area (Å²) in [6.45, 7) is 0.0361. The van der Waals surface area contributed by atoms with E-state index in [1.165, 1.54) is 12.1 Å². The smallest absolute Gasteiger partial charge is 0.167 e. The lowest BCUT2D eigenvalue weighted by Gasteiger charge is -2.12. The van der Waals surface area contributed by atoms with E-state index in [0.29, 0.717) is 5.69 Å². The van der Waals surface area contributed by atoms with E-state index in [1.807, 2.05) is 0 Å². The minimum atomic E-state index is -0.880. The summed E-state index contributed by atoms with van der Waals surface area (Å²) in [6.07, 6.45) is 2.57. The van der Waals surface area contributed by atoms with Crippen LogP contribution in [0.3, 0.4) is 0 Å². The van der Waals surface area contributed by atoms with E-state index < -0.39 is 11.9 Å². The Hall–Kier alpha value is -2.12. The maximum atomic E-state index is 13.9. The monoisotopic (exact) mass is 295 g/mol. The first-order valence-electron chi connectivity index (χ1n) is 6.51. The molecule has 0 amide bonds. The van der Waals surface area contributed by atoms with Gasteiger partial charge in [0.15, 0.2) is 11.6 Å². The van der Waals surface area contributed by atoms with Crippen LogP contribution < -0.4 is 10.1 Å². The van der Waals surface area contributed by atoms with Crippen molar-refractivity contribution in [2.24, 2.45) is 7.05 Å². The molecule has 1 aromatic heterocycles. The molecular formula is C14H18FN3O3. The fourth-order valence-electron chi connectivity index (χ4n) is 1.74. The number of anilines is 1. The molecule has 0 aliphatic rings. The lowest BCUT2D eigenvalue weighted by molar-refractivity contribution is 0.105. The van der Waals surface area contributed by atoms with Gasteiger partial charge in [-0.2, -0.15) is 5.10 Å². The van der Waals surface area contributed by atoms with Crippen LogP contribution in [0.1, 0.15) is 5.56 Å². The highest BCUT2D eigenvalue weighted by Gasteiger charge is 2.07. The van der Waals surface area contributed by atoms with Crippen LogP contribution in [-0.4, -0.2) is 39.2 Å². The number of benzene rings is 1. The highest BCUT2D eigenvalue weighted by Crippen LogP contribution is 2.22. The molecule has 0 saturated carbocycles. The average molecular weight is 295 g/mol. The summed E-state index contributed by atoms with van der Waals surface area (Å²) in [6, 6.07) is 4.44. The number of nitrogens with zero attached hydrogens (tertiary/aromatic N) is 2. The number of aryl methyl sites for hydroxylation is 1. The maximum Gasteiger partial charge on any atom is 0.167 e. The number of hydrogen-bond acceptors (Lipinski definition) is 5. The van der Waals surface area contributed by atoms with Crippen molar-refractivity contribution in [2.75, 3.05) is 18.5 Å². The fourth-order valence-corrected chi connectivity index (χ4v) is 1.74. The van der Waals surface area contributed by atoms with Crippen LogP contribution in [0.25, 0.3) is 0 Å². The van der Waals surface area contributed by atoms with Gasteiger partial charge in [0.1, 0.15) is 6.61 Å². The number of halogens is 1. The van der Waals surface area contributed by atoms with Gasteiger partial charge in [0, 0.05) is 37.1 Å². The molecule has 1 atom stereocenters. The molecule has 7 heteroatoms. The van der Waals surface area contributed by atoms with E-state index in [9.17, 15) is 9.50 Å². The molecule has 3 N–H and O–H groups in total. The molecule has 0 aliphatic carbocycles. The Morgan fingerprint density at radius 3 is 2.90 bits per heavy atom. The molecule has 2 rings (SSSR count). The summed E-state index contributed by atoms with van der Waals surface area (Å²) in [4.78, 5) is 0. The molecule has 2 aromatic rings. The van der Waals surface area contributed by atoms with Gasteiger partial charge >= 0.3 is 0 Å². The number of hydrogen-bond donors (Lipinski definition) is 3. The first-order chi connectivity index (χ1) is 10.1. The van der Waals surface area contributed by atoms with Gasteiger partial charge in [0.2, 0.25) is 0 Å². The van der Waals surface area contributed by atoms with Gasteiger partial charge in [-0.05, 0) is 12.1 Å². The predicted molar refractivity (Wildman–Crippen MR) is 75.5 cm³/mol. The molecule has 1 aromatic carbocycles. The molecule has 21 heavy (non-hydrogen) atoms. The summed E-state index contributed by atoms with van der Waals surface area (Å²) in [5.74, 6) is -0.352. The lowest BCUT2D eigenvalue weighted by Crippen LogP contribution is -2.22. The Labute approximate surface area is 121 Å². The highest BCUT2D eigenvalue weighted by molar-refractivity contribution is 5.47. The quantitative estimate of drug-likeness (QED) is 0.707. The average Bonchev–Trinajstić information content (AvgIpc) is 2.89. The minimum Gasteiger partial charge on any atom is -0.486 e. The van der Waals surface area contributed by atoms with Gasteiger partial charge < -0.3 is 20.3 Å². The Kier molecular flexibility index (Phi) is 5.13. The van der Waals surface area contributed by atoms with Gasteiger partial charge in [-0.25, -0.2) is 4.39 Å². The van der Waals surface area contributed by atoms with Crippen molar-refractivity contribution in [3.05, 3.63) is 42.0 Å². The standard InChI is InChI=1S/C14H18FN3O3/c1-18-7-10(5-17-18)9-21-14-3-2-11(4-13(14)15)16-6-12(20)8-19/h2-5,7,12,16,19-20H,6,8-9H2,1H3. The number of aliphatic hydroxyl groups is 2. The van der Waals surface area contributed by atoms with E-state index in [4.69, 9.17) is 9.84 Å². The molecule has 0 bridgehead atoms. The van der Waals surface area contributed by atoms with Crippen LogP contribution in [0, 0.1) is 5.82 Å². The highest BCUT2D eigenvalue weighted by atomic mass is 19.1. The first-order valence-corrected chi connectivity index (χ1v) is 6.51. The van der Waals surface area contributed by atoms with Crippen molar-refractivity contribution in [2.45, 2.75) is 12.7 Å². The van der Waals surface area contributed by atoms with Gasteiger partial charge in [0.05, 0.1) is 18.9 Å². The van der Waals surface area contributed by atoms with Crippen molar-refractivity contribution < 1.29 is 19.3 Å². The van der Waals surface area contributed by atoms with Crippen molar-refractivity contribution in [3.63, 3.8) is 0 Å². The van der Waals surface area contributed by atoms with Crippen LogP contribution in [0.4, 0.5) is 10.1 Å². The maximum absolute atomic E-state index is 13.9. The predicted octanol–water partition coefficient (Wildman–Crippen LogP) is 0.903. The van der Waals surface area contributed by atoms with Gasteiger partial charge in [-0.15, -0.1) is 0 Å². The van der Waals surface area contributed by atoms with Crippen molar-refractivity contribution in [3.8, 4) is 5.75 Å². The molecule has 0 aliphatic heterocycles. The number of nitrogens with one attached hydrogen (secondary N) is 1. The SMILES string of the molecule is Cn1cc(COc2ccc(NCC(O)CO)cc2F)cn1. The molecule has 1 heterocycles.